The molecule has 0 radical (unpaired) electrons. The first kappa shape index (κ1) is 14.7. The smallest absolute Gasteiger partial charge is 0.194 e. The maximum atomic E-state index is 13.3. The van der Waals surface area contributed by atoms with Crippen molar-refractivity contribution in [1.29, 1.82) is 0 Å². The normalized spacial score (nSPS) is 14.0. The first-order valence-electron chi connectivity index (χ1n) is 6.67. The van der Waals surface area contributed by atoms with E-state index in [1.165, 1.54) is 29.5 Å². The Morgan fingerprint density at radius 1 is 1.10 bits per heavy atom. The molecule has 0 saturated heterocycles. The molecule has 0 aliphatic heterocycles. The minimum Gasteiger partial charge on any atom is -0.294 e. The number of imidazole rings is 1. The van der Waals surface area contributed by atoms with Crippen molar-refractivity contribution in [3.63, 3.8) is 0 Å². The highest BCUT2D eigenvalue weighted by Gasteiger charge is 2.18. The molecule has 0 N–H and O–H groups in total. The van der Waals surface area contributed by atoms with Crippen molar-refractivity contribution in [2.45, 2.75) is 25.7 Å². The van der Waals surface area contributed by atoms with E-state index in [4.69, 9.17) is 0 Å². The van der Waals surface area contributed by atoms with Crippen LogP contribution in [0.4, 0.5) is 8.78 Å². The van der Waals surface area contributed by atoms with E-state index in [1.54, 1.807) is 17.4 Å². The van der Waals surface area contributed by atoms with Gasteiger partial charge in [-0.15, -0.1) is 28.3 Å². The summed E-state index contributed by atoms with van der Waals surface area (Å²) in [6.07, 6.45) is 6.58. The van der Waals surface area contributed by atoms with Gasteiger partial charge in [-0.05, 0) is 43.9 Å². The highest BCUT2D eigenvalue weighted by molar-refractivity contribution is 8.93. The molecule has 1 aliphatic carbocycles. The summed E-state index contributed by atoms with van der Waals surface area (Å²) in [5.74, 6) is -1.66. The van der Waals surface area contributed by atoms with Gasteiger partial charge in [0.05, 0.1) is 5.69 Å². The summed E-state index contributed by atoms with van der Waals surface area (Å²) in [4.78, 5) is 6.91. The lowest BCUT2D eigenvalue weighted by Gasteiger charge is -2.09. The van der Waals surface area contributed by atoms with Crippen molar-refractivity contribution < 1.29 is 8.78 Å². The maximum absolute atomic E-state index is 13.3. The number of aryl methyl sites for hydroxylation is 2. The van der Waals surface area contributed by atoms with Gasteiger partial charge in [0.25, 0.3) is 0 Å². The van der Waals surface area contributed by atoms with Gasteiger partial charge in [-0.2, -0.15) is 0 Å². The van der Waals surface area contributed by atoms with Gasteiger partial charge < -0.3 is 0 Å². The quantitative estimate of drug-likeness (QED) is 0.601. The van der Waals surface area contributed by atoms with E-state index in [1.807, 2.05) is 6.20 Å². The monoisotopic (exact) mass is 370 g/mol. The Balaban J connectivity index is 0.00000132. The minimum absolute atomic E-state index is 0. The number of hydrogen-bond donors (Lipinski definition) is 0. The van der Waals surface area contributed by atoms with E-state index in [0.717, 1.165) is 23.9 Å². The fraction of sp³-hybridized carbons (Fsp3) is 0.267. The van der Waals surface area contributed by atoms with Gasteiger partial charge in [-0.1, -0.05) is 0 Å². The van der Waals surface area contributed by atoms with Gasteiger partial charge >= 0.3 is 0 Å². The molecule has 6 heteroatoms. The second kappa shape index (κ2) is 5.50. The van der Waals surface area contributed by atoms with Crippen molar-refractivity contribution >= 4 is 33.3 Å². The van der Waals surface area contributed by atoms with Crippen LogP contribution in [0, 0.1) is 11.6 Å². The zero-order chi connectivity index (χ0) is 13.7. The Morgan fingerprint density at radius 3 is 2.71 bits per heavy atom. The van der Waals surface area contributed by atoms with Crippen molar-refractivity contribution in [3.05, 3.63) is 46.6 Å². The summed E-state index contributed by atoms with van der Waals surface area (Å²) in [6.45, 7) is 0. The molecule has 1 aromatic carbocycles. The second-order valence-corrected chi connectivity index (χ2v) is 6.15. The van der Waals surface area contributed by atoms with Crippen molar-refractivity contribution in [2.75, 3.05) is 0 Å². The molecule has 0 saturated carbocycles. The molecule has 21 heavy (non-hydrogen) atoms. The topological polar surface area (TPSA) is 17.3 Å². The van der Waals surface area contributed by atoms with Gasteiger partial charge in [-0.3, -0.25) is 4.40 Å². The van der Waals surface area contributed by atoms with Gasteiger partial charge in [0.1, 0.15) is 0 Å². The number of fused-ring (bicyclic) bond motifs is 3. The highest BCUT2D eigenvalue weighted by Crippen LogP contribution is 2.32. The largest absolute Gasteiger partial charge is 0.294 e. The molecule has 2 heterocycles. The molecular formula is C15H13BrF2N2S. The van der Waals surface area contributed by atoms with Crippen molar-refractivity contribution in [3.8, 4) is 11.3 Å². The molecule has 0 spiro atoms. The van der Waals surface area contributed by atoms with Gasteiger partial charge in [-0.25, -0.2) is 13.8 Å². The third kappa shape index (κ3) is 2.40. The minimum atomic E-state index is -0.833. The fourth-order valence-corrected chi connectivity index (χ4v) is 3.95. The highest BCUT2D eigenvalue weighted by atomic mass is 79.9. The summed E-state index contributed by atoms with van der Waals surface area (Å²) in [5, 5.41) is 0. The Hall–Kier alpha value is -1.27. The molecule has 110 valence electrons. The number of nitrogens with zero attached hydrogens (tertiary/aromatic N) is 2. The van der Waals surface area contributed by atoms with Gasteiger partial charge in [0, 0.05) is 22.3 Å². The van der Waals surface area contributed by atoms with E-state index in [2.05, 4.69) is 9.38 Å². The van der Waals surface area contributed by atoms with Crippen LogP contribution < -0.4 is 0 Å². The van der Waals surface area contributed by atoms with E-state index < -0.39 is 11.6 Å². The van der Waals surface area contributed by atoms with Gasteiger partial charge in [0.15, 0.2) is 16.6 Å². The Morgan fingerprint density at radius 2 is 1.90 bits per heavy atom. The third-order valence-corrected chi connectivity index (χ3v) is 4.94. The lowest BCUT2D eigenvalue weighted by Crippen LogP contribution is -2.01. The van der Waals surface area contributed by atoms with Gasteiger partial charge in [0.2, 0.25) is 0 Å². The summed E-state index contributed by atoms with van der Waals surface area (Å²) in [7, 11) is 0. The van der Waals surface area contributed by atoms with Crippen LogP contribution in [0.2, 0.25) is 0 Å². The van der Waals surface area contributed by atoms with Crippen LogP contribution in [-0.2, 0) is 12.8 Å². The van der Waals surface area contributed by atoms with Crippen LogP contribution in [0.1, 0.15) is 23.4 Å². The Labute approximate surface area is 135 Å². The predicted octanol–water partition coefficient (Wildman–Crippen LogP) is 4.80. The summed E-state index contributed by atoms with van der Waals surface area (Å²) < 4.78 is 28.4. The average molecular weight is 371 g/mol. The summed E-state index contributed by atoms with van der Waals surface area (Å²) >= 11 is 1.71. The SMILES string of the molecule is Br.Fc1ccc(-c2cn3c4c(sc3n2)CCCC4)cc1F. The van der Waals surface area contributed by atoms with Crippen molar-refractivity contribution in [1.82, 2.24) is 9.38 Å². The standard InChI is InChI=1S/C15H12F2N2S.BrH/c16-10-6-5-9(7-11(10)17)12-8-19-13-3-1-2-4-14(13)20-15(19)18-12;/h5-8H,1-4H2;1H. The number of halogens is 3. The number of aromatic nitrogens is 2. The summed E-state index contributed by atoms with van der Waals surface area (Å²) in [5.41, 5.74) is 2.64. The number of rotatable bonds is 1. The van der Waals surface area contributed by atoms with Crippen LogP contribution in [0.15, 0.2) is 24.4 Å². The van der Waals surface area contributed by atoms with E-state index in [0.29, 0.717) is 11.3 Å². The van der Waals surface area contributed by atoms with Crippen LogP contribution in [0.25, 0.3) is 16.2 Å². The molecule has 2 aromatic heterocycles. The summed E-state index contributed by atoms with van der Waals surface area (Å²) in [6, 6.07) is 3.92. The Bertz CT molecular complexity index is 809. The first-order valence-corrected chi connectivity index (χ1v) is 7.49. The molecule has 3 aromatic rings. The van der Waals surface area contributed by atoms with Crippen LogP contribution in [0.3, 0.4) is 0 Å². The molecule has 0 unspecified atom stereocenters. The molecule has 0 fully saturated rings. The lowest BCUT2D eigenvalue weighted by molar-refractivity contribution is 0.509. The number of hydrogen-bond acceptors (Lipinski definition) is 2. The van der Waals surface area contributed by atoms with Crippen LogP contribution in [0.5, 0.6) is 0 Å². The molecule has 2 nitrogen and oxygen atoms in total. The predicted molar refractivity (Wildman–Crippen MR) is 85.4 cm³/mol. The molecule has 0 bridgehead atoms. The van der Waals surface area contributed by atoms with Crippen molar-refractivity contribution in [2.24, 2.45) is 0 Å². The molecule has 0 atom stereocenters. The fourth-order valence-electron chi connectivity index (χ4n) is 2.76. The number of thiazole rings is 1. The van der Waals surface area contributed by atoms with E-state index >= 15 is 0 Å². The lowest BCUT2D eigenvalue weighted by atomic mass is 10.0. The average Bonchev–Trinajstić information content (AvgIpc) is 2.99. The Kier molecular flexibility index (Phi) is 3.84. The van der Waals surface area contributed by atoms with E-state index in [9.17, 15) is 8.78 Å². The van der Waals surface area contributed by atoms with Crippen LogP contribution in [-0.4, -0.2) is 9.38 Å². The molecular weight excluding hydrogens is 358 g/mol. The van der Waals surface area contributed by atoms with E-state index in [-0.39, 0.29) is 17.0 Å². The zero-order valence-corrected chi connectivity index (χ0v) is 13.6. The first-order chi connectivity index (χ1) is 9.72. The van der Waals surface area contributed by atoms with Crippen LogP contribution >= 0.6 is 28.3 Å². The third-order valence-electron chi connectivity index (χ3n) is 3.78. The zero-order valence-electron chi connectivity index (χ0n) is 11.1. The molecule has 0 amide bonds. The molecule has 1 aliphatic rings. The number of benzene rings is 1. The second-order valence-electron chi connectivity index (χ2n) is 5.09. The molecule has 4 rings (SSSR count). The maximum Gasteiger partial charge on any atom is 0.194 e.